The molecular formula is C16H28N2O2S. The molecule has 5 heteroatoms. The number of hydrogen-bond donors (Lipinski definition) is 2. The first-order chi connectivity index (χ1) is 9.86. The van der Waals surface area contributed by atoms with E-state index in [1.54, 1.807) is 12.1 Å². The summed E-state index contributed by atoms with van der Waals surface area (Å²) in [5.41, 5.74) is 0.678. The van der Waals surface area contributed by atoms with Crippen molar-refractivity contribution in [1.82, 2.24) is 4.72 Å². The zero-order chi connectivity index (χ0) is 15.9. The van der Waals surface area contributed by atoms with Gasteiger partial charge in [-0.15, -0.1) is 0 Å². The van der Waals surface area contributed by atoms with Crippen LogP contribution in [0.4, 0.5) is 5.69 Å². The van der Waals surface area contributed by atoms with Gasteiger partial charge in [-0.3, -0.25) is 0 Å². The lowest BCUT2D eigenvalue weighted by Gasteiger charge is -2.19. The standard InChI is InChI=1S/C16H28N2O2S/c1-5-12-17-21(19,20)16-9-7-6-8-15(16)18-14(4)11-10-13(2)3/h6-9,13-14,17-18H,5,10-12H2,1-4H3. The lowest BCUT2D eigenvalue weighted by atomic mass is 10.0. The minimum absolute atomic E-state index is 0.245. The van der Waals surface area contributed by atoms with Gasteiger partial charge in [0.25, 0.3) is 0 Å². The van der Waals surface area contributed by atoms with Gasteiger partial charge in [0.2, 0.25) is 10.0 Å². The van der Waals surface area contributed by atoms with Crippen LogP contribution in [0.25, 0.3) is 0 Å². The van der Waals surface area contributed by atoms with Crippen LogP contribution in [0.2, 0.25) is 0 Å². The van der Waals surface area contributed by atoms with Gasteiger partial charge in [-0.25, -0.2) is 13.1 Å². The highest BCUT2D eigenvalue weighted by atomic mass is 32.2. The minimum atomic E-state index is -3.44. The summed E-state index contributed by atoms with van der Waals surface area (Å²) < 4.78 is 27.2. The fourth-order valence-corrected chi connectivity index (χ4v) is 3.36. The van der Waals surface area contributed by atoms with Gasteiger partial charge in [-0.1, -0.05) is 32.9 Å². The SMILES string of the molecule is CCCNS(=O)(=O)c1ccccc1NC(C)CCC(C)C. The third-order valence-corrected chi connectivity index (χ3v) is 4.82. The van der Waals surface area contributed by atoms with Gasteiger partial charge < -0.3 is 5.32 Å². The number of para-hydroxylation sites is 1. The van der Waals surface area contributed by atoms with Gasteiger partial charge in [0.1, 0.15) is 4.90 Å². The Morgan fingerprint density at radius 1 is 1.10 bits per heavy atom. The van der Waals surface area contributed by atoms with Crippen molar-refractivity contribution < 1.29 is 8.42 Å². The summed E-state index contributed by atoms with van der Waals surface area (Å²) >= 11 is 0. The van der Waals surface area contributed by atoms with E-state index in [2.05, 4.69) is 30.8 Å². The second-order valence-electron chi connectivity index (χ2n) is 5.91. The molecule has 1 unspecified atom stereocenters. The van der Waals surface area contributed by atoms with Crippen molar-refractivity contribution in [2.45, 2.75) is 57.9 Å². The summed E-state index contributed by atoms with van der Waals surface area (Å²) in [6.07, 6.45) is 2.92. The Bertz CT molecular complexity index is 527. The smallest absolute Gasteiger partial charge is 0.242 e. The predicted molar refractivity (Wildman–Crippen MR) is 89.1 cm³/mol. The number of hydrogen-bond acceptors (Lipinski definition) is 3. The van der Waals surface area contributed by atoms with E-state index in [1.807, 2.05) is 19.1 Å². The molecule has 1 rings (SSSR count). The maximum absolute atomic E-state index is 12.3. The van der Waals surface area contributed by atoms with E-state index < -0.39 is 10.0 Å². The van der Waals surface area contributed by atoms with Gasteiger partial charge >= 0.3 is 0 Å². The van der Waals surface area contributed by atoms with Crippen LogP contribution in [0.1, 0.15) is 47.0 Å². The number of nitrogens with one attached hydrogen (secondary N) is 2. The number of benzene rings is 1. The van der Waals surface area contributed by atoms with Crippen LogP contribution in [0.5, 0.6) is 0 Å². The molecule has 0 aliphatic heterocycles. The summed E-state index contributed by atoms with van der Waals surface area (Å²) in [7, 11) is -3.44. The molecule has 2 N–H and O–H groups in total. The monoisotopic (exact) mass is 312 g/mol. The van der Waals surface area contributed by atoms with Gasteiger partial charge in [0.05, 0.1) is 5.69 Å². The van der Waals surface area contributed by atoms with Crippen LogP contribution in [0.3, 0.4) is 0 Å². The zero-order valence-corrected chi connectivity index (χ0v) is 14.3. The number of rotatable bonds is 9. The molecule has 0 aliphatic carbocycles. The lowest BCUT2D eigenvalue weighted by Crippen LogP contribution is -2.26. The van der Waals surface area contributed by atoms with Crippen molar-refractivity contribution in [3.8, 4) is 0 Å². The van der Waals surface area contributed by atoms with Crippen molar-refractivity contribution in [3.05, 3.63) is 24.3 Å². The summed E-state index contributed by atoms with van der Waals surface area (Å²) in [6, 6.07) is 7.33. The third-order valence-electron chi connectivity index (χ3n) is 3.30. The van der Waals surface area contributed by atoms with E-state index in [0.717, 1.165) is 19.3 Å². The van der Waals surface area contributed by atoms with Gasteiger partial charge in [0.15, 0.2) is 0 Å². The van der Waals surface area contributed by atoms with Crippen LogP contribution < -0.4 is 10.0 Å². The summed E-state index contributed by atoms with van der Waals surface area (Å²) in [4.78, 5) is 0.329. The Hall–Kier alpha value is -1.07. The van der Waals surface area contributed by atoms with E-state index in [1.165, 1.54) is 0 Å². The molecule has 21 heavy (non-hydrogen) atoms. The lowest BCUT2D eigenvalue weighted by molar-refractivity contribution is 0.527. The predicted octanol–water partition coefficient (Wildman–Crippen LogP) is 3.61. The Kier molecular flexibility index (Phi) is 7.18. The van der Waals surface area contributed by atoms with Crippen molar-refractivity contribution in [1.29, 1.82) is 0 Å². The highest BCUT2D eigenvalue weighted by Crippen LogP contribution is 2.22. The second kappa shape index (κ2) is 8.39. The Morgan fingerprint density at radius 3 is 2.38 bits per heavy atom. The third kappa shape index (κ3) is 6.06. The topological polar surface area (TPSA) is 58.2 Å². The van der Waals surface area contributed by atoms with Gasteiger partial charge in [-0.2, -0.15) is 0 Å². The molecule has 0 saturated carbocycles. The molecule has 1 aromatic carbocycles. The molecule has 0 heterocycles. The molecule has 0 fully saturated rings. The van der Waals surface area contributed by atoms with E-state index in [0.29, 0.717) is 23.0 Å². The van der Waals surface area contributed by atoms with E-state index in [4.69, 9.17) is 0 Å². The first-order valence-electron chi connectivity index (χ1n) is 7.72. The maximum atomic E-state index is 12.3. The highest BCUT2D eigenvalue weighted by Gasteiger charge is 2.18. The van der Waals surface area contributed by atoms with Crippen LogP contribution in [-0.2, 0) is 10.0 Å². The summed E-state index contributed by atoms with van der Waals surface area (Å²) in [5.74, 6) is 0.652. The van der Waals surface area contributed by atoms with Crippen LogP contribution in [0.15, 0.2) is 29.2 Å². The molecular weight excluding hydrogens is 284 g/mol. The van der Waals surface area contributed by atoms with E-state index in [9.17, 15) is 8.42 Å². The average molecular weight is 312 g/mol. The number of sulfonamides is 1. The Labute approximate surface area is 129 Å². The van der Waals surface area contributed by atoms with Gasteiger partial charge in [-0.05, 0) is 44.2 Å². The molecule has 4 nitrogen and oxygen atoms in total. The first kappa shape index (κ1) is 18.0. The maximum Gasteiger partial charge on any atom is 0.242 e. The van der Waals surface area contributed by atoms with Gasteiger partial charge in [0, 0.05) is 12.6 Å². The molecule has 1 atom stereocenters. The van der Waals surface area contributed by atoms with Crippen molar-refractivity contribution in [2.75, 3.05) is 11.9 Å². The second-order valence-corrected chi connectivity index (χ2v) is 7.65. The summed E-state index contributed by atoms with van der Waals surface area (Å²) in [5, 5.41) is 3.33. The average Bonchev–Trinajstić information content (AvgIpc) is 2.43. The van der Waals surface area contributed by atoms with E-state index >= 15 is 0 Å². The number of anilines is 1. The molecule has 120 valence electrons. The van der Waals surface area contributed by atoms with Crippen molar-refractivity contribution in [2.24, 2.45) is 5.92 Å². The molecule has 0 amide bonds. The molecule has 0 spiro atoms. The molecule has 0 aliphatic rings. The molecule has 0 saturated heterocycles. The van der Waals surface area contributed by atoms with Crippen molar-refractivity contribution in [3.63, 3.8) is 0 Å². The fourth-order valence-electron chi connectivity index (χ4n) is 2.06. The largest absolute Gasteiger partial charge is 0.381 e. The minimum Gasteiger partial charge on any atom is -0.381 e. The molecule has 1 aromatic rings. The molecule has 0 bridgehead atoms. The first-order valence-corrected chi connectivity index (χ1v) is 9.20. The summed E-state index contributed by atoms with van der Waals surface area (Å²) in [6.45, 7) is 8.88. The van der Waals surface area contributed by atoms with Crippen molar-refractivity contribution >= 4 is 15.7 Å². The van der Waals surface area contributed by atoms with E-state index in [-0.39, 0.29) is 6.04 Å². The fraction of sp³-hybridized carbons (Fsp3) is 0.625. The molecule has 0 aromatic heterocycles. The van der Waals surface area contributed by atoms with Crippen LogP contribution >= 0.6 is 0 Å². The normalized spacial score (nSPS) is 13.4. The highest BCUT2D eigenvalue weighted by molar-refractivity contribution is 7.89. The quantitative estimate of drug-likeness (QED) is 0.732. The Balaban J connectivity index is 2.84. The van der Waals surface area contributed by atoms with Crippen LogP contribution in [0, 0.1) is 5.92 Å². The molecule has 0 radical (unpaired) electrons. The zero-order valence-electron chi connectivity index (χ0n) is 13.5. The van der Waals surface area contributed by atoms with Crippen LogP contribution in [-0.4, -0.2) is 21.0 Å². The Morgan fingerprint density at radius 2 is 1.76 bits per heavy atom.